The van der Waals surface area contributed by atoms with Gasteiger partial charge in [0.15, 0.2) is 0 Å². The minimum Gasteiger partial charge on any atom is -0.395 e. The number of aliphatic hydroxyl groups is 1. The van der Waals surface area contributed by atoms with Crippen LogP contribution in [0, 0.1) is 0 Å². The Morgan fingerprint density at radius 2 is 2.38 bits per heavy atom. The first kappa shape index (κ1) is 7.98. The van der Waals surface area contributed by atoms with Gasteiger partial charge in [-0.2, -0.15) is 12.6 Å². The standard InChI is InChI=1S/C5H10O2S/c6-3-1-2-5(8)4-7/h3,5,7-8H,1-2,4H2/t5-/m0/s1. The van der Waals surface area contributed by atoms with Crippen molar-refractivity contribution in [2.24, 2.45) is 0 Å². The van der Waals surface area contributed by atoms with E-state index in [-0.39, 0.29) is 11.9 Å². The molecule has 0 spiro atoms. The summed E-state index contributed by atoms with van der Waals surface area (Å²) in [4.78, 5) is 9.71. The predicted molar refractivity (Wildman–Crippen MR) is 35.2 cm³/mol. The minimum absolute atomic E-state index is 0.0276. The summed E-state index contributed by atoms with van der Waals surface area (Å²) >= 11 is 3.96. The summed E-state index contributed by atoms with van der Waals surface area (Å²) in [7, 11) is 0. The van der Waals surface area contributed by atoms with Crippen molar-refractivity contribution in [3.05, 3.63) is 0 Å². The summed E-state index contributed by atoms with van der Waals surface area (Å²) in [6.45, 7) is 0.0525. The van der Waals surface area contributed by atoms with E-state index >= 15 is 0 Å². The number of hydrogen-bond donors (Lipinski definition) is 2. The van der Waals surface area contributed by atoms with Crippen molar-refractivity contribution in [1.82, 2.24) is 0 Å². The fourth-order valence-corrected chi connectivity index (χ4v) is 0.501. The summed E-state index contributed by atoms with van der Waals surface area (Å²) in [5.41, 5.74) is 0. The Bertz CT molecular complexity index is 65.4. The summed E-state index contributed by atoms with van der Waals surface area (Å²) < 4.78 is 0. The average molecular weight is 134 g/mol. The van der Waals surface area contributed by atoms with Crippen LogP contribution in [0.4, 0.5) is 0 Å². The van der Waals surface area contributed by atoms with E-state index in [0.29, 0.717) is 12.8 Å². The van der Waals surface area contributed by atoms with Crippen LogP contribution in [0.15, 0.2) is 0 Å². The van der Waals surface area contributed by atoms with Gasteiger partial charge < -0.3 is 9.90 Å². The van der Waals surface area contributed by atoms with Gasteiger partial charge in [-0.3, -0.25) is 0 Å². The molecule has 1 N–H and O–H groups in total. The monoisotopic (exact) mass is 134 g/mol. The molecule has 0 radical (unpaired) electrons. The Hall–Kier alpha value is -0.0200. The quantitative estimate of drug-likeness (QED) is 0.427. The molecule has 1 atom stereocenters. The fraction of sp³-hybridized carbons (Fsp3) is 0.800. The number of rotatable bonds is 4. The second-order valence-corrected chi connectivity index (χ2v) is 2.31. The van der Waals surface area contributed by atoms with Crippen molar-refractivity contribution in [2.45, 2.75) is 18.1 Å². The van der Waals surface area contributed by atoms with Crippen molar-refractivity contribution in [1.29, 1.82) is 0 Å². The third kappa shape index (κ3) is 4.15. The molecular formula is C5H10O2S. The Kier molecular flexibility index (Phi) is 5.11. The molecule has 0 aromatic carbocycles. The molecule has 0 saturated carbocycles. The first-order valence-electron chi connectivity index (χ1n) is 2.53. The van der Waals surface area contributed by atoms with Gasteiger partial charge in [0.1, 0.15) is 6.29 Å². The van der Waals surface area contributed by atoms with Crippen LogP contribution in [0.5, 0.6) is 0 Å². The molecular weight excluding hydrogens is 124 g/mol. The average Bonchev–Trinajstić information content (AvgIpc) is 1.83. The van der Waals surface area contributed by atoms with E-state index in [0.717, 1.165) is 6.29 Å². The largest absolute Gasteiger partial charge is 0.395 e. The maximum Gasteiger partial charge on any atom is 0.120 e. The Balaban J connectivity index is 2.97. The molecule has 0 aliphatic carbocycles. The molecule has 0 aliphatic heterocycles. The molecule has 0 amide bonds. The van der Waals surface area contributed by atoms with Crippen LogP contribution in [0.3, 0.4) is 0 Å². The van der Waals surface area contributed by atoms with E-state index in [9.17, 15) is 4.79 Å². The SMILES string of the molecule is O=CCC[C@H](S)CO. The van der Waals surface area contributed by atoms with Gasteiger partial charge in [0.05, 0.1) is 6.61 Å². The van der Waals surface area contributed by atoms with Gasteiger partial charge in [-0.15, -0.1) is 0 Å². The van der Waals surface area contributed by atoms with E-state index < -0.39 is 0 Å². The molecule has 0 rings (SSSR count). The molecule has 8 heavy (non-hydrogen) atoms. The van der Waals surface area contributed by atoms with Crippen LogP contribution in [0.1, 0.15) is 12.8 Å². The van der Waals surface area contributed by atoms with Crippen LogP contribution in [0.2, 0.25) is 0 Å². The maximum atomic E-state index is 9.71. The van der Waals surface area contributed by atoms with Crippen molar-refractivity contribution < 1.29 is 9.90 Å². The van der Waals surface area contributed by atoms with Gasteiger partial charge in [-0.1, -0.05) is 0 Å². The highest BCUT2D eigenvalue weighted by molar-refractivity contribution is 7.81. The summed E-state index contributed by atoms with van der Waals surface area (Å²) in [6.07, 6.45) is 2.00. The van der Waals surface area contributed by atoms with Crippen molar-refractivity contribution in [2.75, 3.05) is 6.61 Å². The number of thiol groups is 1. The van der Waals surface area contributed by atoms with E-state index in [1.54, 1.807) is 0 Å². The number of carbonyl (C=O) groups is 1. The van der Waals surface area contributed by atoms with Gasteiger partial charge >= 0.3 is 0 Å². The van der Waals surface area contributed by atoms with Gasteiger partial charge in [0.2, 0.25) is 0 Å². The Morgan fingerprint density at radius 1 is 1.75 bits per heavy atom. The van der Waals surface area contributed by atoms with Crippen LogP contribution in [-0.4, -0.2) is 23.2 Å². The third-order valence-corrected chi connectivity index (χ3v) is 1.25. The summed E-state index contributed by atoms with van der Waals surface area (Å²) in [5.74, 6) is 0. The molecule has 0 heterocycles. The number of aldehydes is 1. The summed E-state index contributed by atoms with van der Waals surface area (Å²) in [5, 5.41) is 8.34. The highest BCUT2D eigenvalue weighted by Gasteiger charge is 1.97. The highest BCUT2D eigenvalue weighted by atomic mass is 32.1. The topological polar surface area (TPSA) is 37.3 Å². The Morgan fingerprint density at radius 3 is 2.75 bits per heavy atom. The van der Waals surface area contributed by atoms with Gasteiger partial charge in [0, 0.05) is 11.7 Å². The van der Waals surface area contributed by atoms with Gasteiger partial charge in [0.25, 0.3) is 0 Å². The molecule has 48 valence electrons. The third-order valence-electron chi connectivity index (χ3n) is 0.828. The Labute approximate surface area is 54.3 Å². The molecule has 0 fully saturated rings. The van der Waals surface area contributed by atoms with Gasteiger partial charge in [-0.25, -0.2) is 0 Å². The number of hydrogen-bond acceptors (Lipinski definition) is 3. The minimum atomic E-state index is -0.0276. The van der Waals surface area contributed by atoms with Crippen LogP contribution in [-0.2, 0) is 4.79 Å². The van der Waals surface area contributed by atoms with Crippen LogP contribution >= 0.6 is 12.6 Å². The highest BCUT2D eigenvalue weighted by Crippen LogP contribution is 2.00. The first-order chi connectivity index (χ1) is 3.81. The second-order valence-electron chi connectivity index (χ2n) is 1.58. The smallest absolute Gasteiger partial charge is 0.120 e. The molecule has 0 saturated heterocycles. The molecule has 2 nitrogen and oxygen atoms in total. The number of aliphatic hydroxyl groups excluding tert-OH is 1. The summed E-state index contributed by atoms with van der Waals surface area (Å²) in [6, 6.07) is 0. The van der Waals surface area contributed by atoms with E-state index in [1.165, 1.54) is 0 Å². The lowest BCUT2D eigenvalue weighted by atomic mass is 10.2. The molecule has 0 bridgehead atoms. The lowest BCUT2D eigenvalue weighted by Crippen LogP contribution is -2.03. The van der Waals surface area contributed by atoms with Crippen LogP contribution < -0.4 is 0 Å². The molecule has 0 aromatic rings. The van der Waals surface area contributed by atoms with Crippen molar-refractivity contribution >= 4 is 18.9 Å². The normalized spacial score (nSPS) is 13.2. The van der Waals surface area contributed by atoms with Crippen molar-refractivity contribution in [3.8, 4) is 0 Å². The zero-order valence-corrected chi connectivity index (χ0v) is 5.47. The fourth-order valence-electron chi connectivity index (χ4n) is 0.352. The lowest BCUT2D eigenvalue weighted by Gasteiger charge is -2.00. The molecule has 0 aromatic heterocycles. The zero-order valence-electron chi connectivity index (χ0n) is 4.58. The first-order valence-corrected chi connectivity index (χ1v) is 3.05. The second kappa shape index (κ2) is 5.12. The maximum absolute atomic E-state index is 9.71. The van der Waals surface area contributed by atoms with Crippen molar-refractivity contribution in [3.63, 3.8) is 0 Å². The molecule has 3 heteroatoms. The van der Waals surface area contributed by atoms with Gasteiger partial charge in [-0.05, 0) is 6.42 Å². The number of carbonyl (C=O) groups excluding carboxylic acids is 1. The molecule has 0 unspecified atom stereocenters. The predicted octanol–water partition coefficient (Wildman–Crippen LogP) is 0.256. The van der Waals surface area contributed by atoms with E-state index in [2.05, 4.69) is 12.6 Å². The van der Waals surface area contributed by atoms with E-state index in [4.69, 9.17) is 5.11 Å². The van der Waals surface area contributed by atoms with E-state index in [1.807, 2.05) is 0 Å². The van der Waals surface area contributed by atoms with Crippen LogP contribution in [0.25, 0.3) is 0 Å². The molecule has 0 aliphatic rings. The lowest BCUT2D eigenvalue weighted by molar-refractivity contribution is -0.107. The zero-order chi connectivity index (χ0) is 6.41.